The van der Waals surface area contributed by atoms with Gasteiger partial charge < -0.3 is 9.80 Å². The van der Waals surface area contributed by atoms with Gasteiger partial charge in [-0.2, -0.15) is 0 Å². The molecule has 6 heteroatoms. The van der Waals surface area contributed by atoms with E-state index in [0.717, 1.165) is 50.6 Å². The second-order valence-corrected chi connectivity index (χ2v) is 8.62. The van der Waals surface area contributed by atoms with Crippen molar-refractivity contribution in [3.8, 4) is 0 Å². The van der Waals surface area contributed by atoms with E-state index in [0.29, 0.717) is 9.79 Å². The Balaban J connectivity index is 1.66. The van der Waals surface area contributed by atoms with E-state index < -0.39 is 9.84 Å². The summed E-state index contributed by atoms with van der Waals surface area (Å²) in [4.78, 5) is 7.77. The molecule has 0 atom stereocenters. The van der Waals surface area contributed by atoms with Crippen molar-refractivity contribution in [3.63, 3.8) is 0 Å². The average Bonchev–Trinajstić information content (AvgIpc) is 2.63. The summed E-state index contributed by atoms with van der Waals surface area (Å²) >= 11 is 0. The van der Waals surface area contributed by atoms with E-state index in [-0.39, 0.29) is 0 Å². The van der Waals surface area contributed by atoms with Gasteiger partial charge >= 0.3 is 0 Å². The predicted octanol–water partition coefficient (Wildman–Crippen LogP) is 2.22. The van der Waals surface area contributed by atoms with Gasteiger partial charge in [-0.1, -0.05) is 24.3 Å². The van der Waals surface area contributed by atoms with Crippen molar-refractivity contribution < 1.29 is 8.42 Å². The molecule has 2 aliphatic rings. The lowest BCUT2D eigenvalue weighted by Crippen LogP contribution is -2.46. The average molecular weight is 357 g/mol. The number of rotatable bonds is 3. The van der Waals surface area contributed by atoms with Gasteiger partial charge in [-0.15, -0.1) is 0 Å². The predicted molar refractivity (Wildman–Crippen MR) is 99.3 cm³/mol. The Morgan fingerprint density at radius 3 is 1.88 bits per heavy atom. The normalized spacial score (nSPS) is 20.1. The van der Waals surface area contributed by atoms with Gasteiger partial charge in [-0.3, -0.25) is 4.90 Å². The molecule has 1 saturated heterocycles. The monoisotopic (exact) mass is 357 g/mol. The molecule has 0 aliphatic carbocycles. The fourth-order valence-corrected chi connectivity index (χ4v) is 5.28. The Kier molecular flexibility index (Phi) is 4.27. The molecule has 0 bridgehead atoms. The smallest absolute Gasteiger partial charge is 0.210 e. The van der Waals surface area contributed by atoms with Gasteiger partial charge in [0.05, 0.1) is 21.2 Å². The molecule has 2 aromatic carbocycles. The topological polar surface area (TPSA) is 43.9 Å². The van der Waals surface area contributed by atoms with Crippen LogP contribution >= 0.6 is 0 Å². The first-order chi connectivity index (χ1) is 12.1. The minimum Gasteiger partial charge on any atom is -0.338 e. The van der Waals surface area contributed by atoms with Crippen LogP contribution in [0.25, 0.3) is 0 Å². The van der Waals surface area contributed by atoms with E-state index in [9.17, 15) is 8.42 Å². The molecule has 0 spiro atoms. The van der Waals surface area contributed by atoms with Crippen molar-refractivity contribution in [2.45, 2.75) is 9.79 Å². The Morgan fingerprint density at radius 2 is 1.32 bits per heavy atom. The first kappa shape index (κ1) is 16.6. The summed E-state index contributed by atoms with van der Waals surface area (Å²) in [5.74, 6) is 0. The van der Waals surface area contributed by atoms with Crippen molar-refractivity contribution in [2.24, 2.45) is 0 Å². The van der Waals surface area contributed by atoms with Crippen molar-refractivity contribution in [2.75, 3.05) is 51.2 Å². The molecule has 0 saturated carbocycles. The molecule has 132 valence electrons. The van der Waals surface area contributed by atoms with Gasteiger partial charge in [0.25, 0.3) is 0 Å². The maximum absolute atomic E-state index is 12.9. The highest BCUT2D eigenvalue weighted by Crippen LogP contribution is 2.43. The first-order valence-electron chi connectivity index (χ1n) is 8.69. The Labute approximate surface area is 149 Å². The summed E-state index contributed by atoms with van der Waals surface area (Å²) < 4.78 is 25.9. The molecule has 0 aromatic heterocycles. The van der Waals surface area contributed by atoms with Gasteiger partial charge in [0, 0.05) is 39.3 Å². The van der Waals surface area contributed by atoms with E-state index >= 15 is 0 Å². The third-order valence-corrected chi connectivity index (χ3v) is 6.98. The number of hydrogen-bond donors (Lipinski definition) is 0. The zero-order valence-corrected chi connectivity index (χ0v) is 15.2. The maximum Gasteiger partial charge on any atom is 0.210 e. The third kappa shape index (κ3) is 2.94. The van der Waals surface area contributed by atoms with Crippen LogP contribution in [0.5, 0.6) is 0 Å². The van der Waals surface area contributed by atoms with Gasteiger partial charge in [0.2, 0.25) is 9.84 Å². The molecule has 5 nitrogen and oxygen atoms in total. The molecule has 4 rings (SSSR count). The van der Waals surface area contributed by atoms with E-state index in [4.69, 9.17) is 0 Å². The Hall–Kier alpha value is -1.89. The summed E-state index contributed by atoms with van der Waals surface area (Å²) in [7, 11) is -1.29. The standard InChI is InChI=1S/C19H23N3O2S/c1-20-10-12-21(13-11-20)14-15-22-16-6-2-4-8-18(16)25(23,24)19-9-5-3-7-17(19)22/h2-9H,10-15H2,1H3. The van der Waals surface area contributed by atoms with Crippen LogP contribution in [0.1, 0.15) is 0 Å². The van der Waals surface area contributed by atoms with Crippen molar-refractivity contribution in [1.29, 1.82) is 0 Å². The quantitative estimate of drug-likeness (QED) is 0.843. The lowest BCUT2D eigenvalue weighted by atomic mass is 10.2. The number of para-hydroxylation sites is 2. The SMILES string of the molecule is CN1CCN(CCN2c3ccccc3S(=O)(=O)c3ccccc32)CC1. The van der Waals surface area contributed by atoms with Gasteiger partial charge in [0.15, 0.2) is 0 Å². The van der Waals surface area contributed by atoms with Crippen molar-refractivity contribution in [1.82, 2.24) is 9.80 Å². The first-order valence-corrected chi connectivity index (χ1v) is 10.2. The summed E-state index contributed by atoms with van der Waals surface area (Å²) in [6, 6.07) is 14.6. The van der Waals surface area contributed by atoms with E-state index in [1.54, 1.807) is 24.3 Å². The van der Waals surface area contributed by atoms with Crippen LogP contribution in [0.15, 0.2) is 58.3 Å². The Morgan fingerprint density at radius 1 is 0.800 bits per heavy atom. The summed E-state index contributed by atoms with van der Waals surface area (Å²) in [6.45, 7) is 6.00. The second kappa shape index (κ2) is 6.44. The number of fused-ring (bicyclic) bond motifs is 2. The van der Waals surface area contributed by atoms with Crippen LogP contribution in [-0.2, 0) is 9.84 Å². The molecule has 0 radical (unpaired) electrons. The number of sulfone groups is 1. The molecule has 0 unspecified atom stereocenters. The van der Waals surface area contributed by atoms with Gasteiger partial charge in [-0.05, 0) is 31.3 Å². The molecule has 2 aromatic rings. The highest BCUT2D eigenvalue weighted by Gasteiger charge is 2.33. The van der Waals surface area contributed by atoms with Crippen molar-refractivity contribution in [3.05, 3.63) is 48.5 Å². The number of piperazine rings is 1. The number of likely N-dealkylation sites (N-methyl/N-ethyl adjacent to an activating group) is 1. The van der Waals surface area contributed by atoms with Crippen LogP contribution in [0, 0.1) is 0 Å². The van der Waals surface area contributed by atoms with Gasteiger partial charge in [0.1, 0.15) is 0 Å². The minimum atomic E-state index is -3.45. The lowest BCUT2D eigenvalue weighted by molar-refractivity contribution is 0.157. The fourth-order valence-electron chi connectivity index (χ4n) is 3.62. The molecule has 2 heterocycles. The van der Waals surface area contributed by atoms with Crippen LogP contribution in [0.3, 0.4) is 0 Å². The molecule has 25 heavy (non-hydrogen) atoms. The zero-order valence-electron chi connectivity index (χ0n) is 14.4. The maximum atomic E-state index is 12.9. The van der Waals surface area contributed by atoms with E-state index in [1.165, 1.54) is 0 Å². The highest BCUT2D eigenvalue weighted by atomic mass is 32.2. The number of benzene rings is 2. The van der Waals surface area contributed by atoms with E-state index in [2.05, 4.69) is 21.7 Å². The van der Waals surface area contributed by atoms with Crippen LogP contribution in [0.2, 0.25) is 0 Å². The molecule has 1 fully saturated rings. The van der Waals surface area contributed by atoms with E-state index in [1.807, 2.05) is 24.3 Å². The molecule has 0 amide bonds. The summed E-state index contributed by atoms with van der Waals surface area (Å²) in [5.41, 5.74) is 1.57. The second-order valence-electron chi connectivity index (χ2n) is 6.74. The summed E-state index contributed by atoms with van der Waals surface area (Å²) in [6.07, 6.45) is 0. The Bertz CT molecular complexity index is 820. The molecular weight excluding hydrogens is 334 g/mol. The largest absolute Gasteiger partial charge is 0.338 e. The van der Waals surface area contributed by atoms with Gasteiger partial charge in [-0.25, -0.2) is 8.42 Å². The zero-order chi connectivity index (χ0) is 17.4. The molecular formula is C19H23N3O2S. The number of anilines is 2. The summed E-state index contributed by atoms with van der Waals surface area (Å²) in [5, 5.41) is 0. The molecule has 0 N–H and O–H groups in total. The minimum absolute atomic E-state index is 0.409. The number of nitrogens with zero attached hydrogens (tertiary/aromatic N) is 3. The molecule has 2 aliphatic heterocycles. The van der Waals surface area contributed by atoms with Crippen LogP contribution < -0.4 is 4.90 Å². The van der Waals surface area contributed by atoms with Crippen LogP contribution in [0.4, 0.5) is 11.4 Å². The lowest BCUT2D eigenvalue weighted by Gasteiger charge is -2.36. The highest BCUT2D eigenvalue weighted by molar-refractivity contribution is 7.92. The number of hydrogen-bond acceptors (Lipinski definition) is 5. The fraction of sp³-hybridized carbons (Fsp3) is 0.368. The third-order valence-electron chi connectivity index (χ3n) is 5.13. The van der Waals surface area contributed by atoms with Crippen molar-refractivity contribution >= 4 is 21.2 Å². The van der Waals surface area contributed by atoms with Crippen LogP contribution in [-0.4, -0.2) is 64.5 Å².